The highest BCUT2D eigenvalue weighted by atomic mass is 19.1. The Morgan fingerprint density at radius 1 is 1.43 bits per heavy atom. The fourth-order valence-corrected chi connectivity index (χ4v) is 3.64. The Hall–Kier alpha value is -1.52. The first kappa shape index (κ1) is 13.2. The second kappa shape index (κ2) is 4.24. The van der Waals surface area contributed by atoms with Crippen molar-refractivity contribution in [1.29, 1.82) is 0 Å². The van der Waals surface area contributed by atoms with Gasteiger partial charge in [-0.15, -0.1) is 0 Å². The minimum absolute atomic E-state index is 0.293. The van der Waals surface area contributed by atoms with Crippen molar-refractivity contribution in [3.8, 4) is 0 Å². The van der Waals surface area contributed by atoms with Crippen molar-refractivity contribution in [3.63, 3.8) is 0 Å². The minimum Gasteiger partial charge on any atom is -0.339 e. The van der Waals surface area contributed by atoms with Crippen LogP contribution in [-0.4, -0.2) is 39.5 Å². The second-order valence-electron chi connectivity index (χ2n) is 7.03. The van der Waals surface area contributed by atoms with Crippen LogP contribution in [-0.2, 0) is 11.2 Å². The topological polar surface area (TPSA) is 46.1 Å². The van der Waals surface area contributed by atoms with Crippen molar-refractivity contribution in [2.24, 2.45) is 5.92 Å². The van der Waals surface area contributed by atoms with E-state index >= 15 is 0 Å². The number of amides is 1. The Balaban J connectivity index is 1.55. The van der Waals surface area contributed by atoms with Gasteiger partial charge in [0, 0.05) is 36.8 Å². The van der Waals surface area contributed by atoms with Gasteiger partial charge >= 0.3 is 0 Å². The first-order valence-electron chi connectivity index (χ1n) is 7.82. The number of hydrogen-bond acceptors (Lipinski definition) is 3. The van der Waals surface area contributed by atoms with Crippen molar-refractivity contribution < 1.29 is 9.18 Å². The molecule has 1 saturated carbocycles. The number of carbonyl (C=O) groups is 1. The first-order chi connectivity index (χ1) is 9.98. The molecular formula is C16H20FN3O. The van der Waals surface area contributed by atoms with Crippen LogP contribution in [0.15, 0.2) is 6.20 Å². The number of aromatic nitrogens is 2. The Morgan fingerprint density at radius 3 is 2.86 bits per heavy atom. The monoisotopic (exact) mass is 289 g/mol. The SMILES string of the molecule is CC(C)c1ncc2c(n1)CC1CN(C(=O)C3(F)CC3)CC21. The molecule has 0 spiro atoms. The number of carbonyl (C=O) groups excluding carboxylic acids is 1. The van der Waals surface area contributed by atoms with E-state index in [0.717, 1.165) is 17.9 Å². The summed E-state index contributed by atoms with van der Waals surface area (Å²) in [5.41, 5.74) is 0.764. The third kappa shape index (κ3) is 1.97. The summed E-state index contributed by atoms with van der Waals surface area (Å²) >= 11 is 0. The highest BCUT2D eigenvalue weighted by Gasteiger charge is 2.55. The number of alkyl halides is 1. The molecule has 2 unspecified atom stereocenters. The highest BCUT2D eigenvalue weighted by Crippen LogP contribution is 2.46. The number of hydrogen-bond donors (Lipinski definition) is 0. The molecule has 1 aromatic rings. The van der Waals surface area contributed by atoms with Gasteiger partial charge in [0.15, 0.2) is 5.67 Å². The zero-order chi connectivity index (χ0) is 14.8. The van der Waals surface area contributed by atoms with Gasteiger partial charge in [-0.25, -0.2) is 14.4 Å². The molecule has 2 atom stereocenters. The summed E-state index contributed by atoms with van der Waals surface area (Å²) < 4.78 is 13.9. The summed E-state index contributed by atoms with van der Waals surface area (Å²) in [6.07, 6.45) is 3.62. The van der Waals surface area contributed by atoms with Crippen molar-refractivity contribution in [3.05, 3.63) is 23.3 Å². The molecule has 1 aliphatic heterocycles. The third-order valence-electron chi connectivity index (χ3n) is 5.09. The molecule has 3 aliphatic rings. The van der Waals surface area contributed by atoms with E-state index in [4.69, 9.17) is 0 Å². The maximum atomic E-state index is 13.9. The van der Waals surface area contributed by atoms with E-state index in [1.165, 1.54) is 5.56 Å². The quantitative estimate of drug-likeness (QED) is 0.838. The fourth-order valence-electron chi connectivity index (χ4n) is 3.64. The van der Waals surface area contributed by atoms with E-state index in [1.807, 2.05) is 6.20 Å². The Kier molecular flexibility index (Phi) is 2.66. The summed E-state index contributed by atoms with van der Waals surface area (Å²) in [5, 5.41) is 0. The molecule has 1 amide bonds. The molecule has 5 heteroatoms. The average molecular weight is 289 g/mol. The van der Waals surface area contributed by atoms with Crippen LogP contribution in [0.25, 0.3) is 0 Å². The van der Waals surface area contributed by atoms with Crippen LogP contribution in [0.5, 0.6) is 0 Å². The van der Waals surface area contributed by atoms with E-state index in [9.17, 15) is 9.18 Å². The standard InChI is InChI=1S/C16H20FN3O/c1-9(2)14-18-6-11-12-8-20(15(21)16(17)3-4-16)7-10(12)5-13(11)19-14/h6,9-10,12H,3-5,7-8H2,1-2H3. The molecule has 0 bridgehead atoms. The van der Waals surface area contributed by atoms with Crippen LogP contribution in [0, 0.1) is 5.92 Å². The highest BCUT2D eigenvalue weighted by molar-refractivity contribution is 5.88. The Bertz CT molecular complexity index is 612. The molecule has 0 N–H and O–H groups in total. The van der Waals surface area contributed by atoms with Crippen LogP contribution in [0.2, 0.25) is 0 Å². The maximum absolute atomic E-state index is 13.9. The minimum atomic E-state index is -1.54. The smallest absolute Gasteiger partial charge is 0.260 e. The molecule has 4 rings (SSSR count). The van der Waals surface area contributed by atoms with Gasteiger partial charge in [0.05, 0.1) is 0 Å². The predicted octanol–water partition coefficient (Wildman–Crippen LogP) is 2.20. The summed E-state index contributed by atoms with van der Waals surface area (Å²) in [7, 11) is 0. The third-order valence-corrected chi connectivity index (χ3v) is 5.09. The van der Waals surface area contributed by atoms with Gasteiger partial charge in [-0.1, -0.05) is 13.8 Å². The normalized spacial score (nSPS) is 28.7. The van der Waals surface area contributed by atoms with Gasteiger partial charge in [-0.05, 0) is 30.7 Å². The number of fused-ring (bicyclic) bond motifs is 3. The van der Waals surface area contributed by atoms with E-state index in [0.29, 0.717) is 43.7 Å². The number of rotatable bonds is 2. The van der Waals surface area contributed by atoms with E-state index in [-0.39, 0.29) is 5.91 Å². The zero-order valence-corrected chi connectivity index (χ0v) is 12.5. The lowest BCUT2D eigenvalue weighted by Crippen LogP contribution is -2.37. The molecule has 0 aromatic carbocycles. The van der Waals surface area contributed by atoms with E-state index in [2.05, 4.69) is 23.8 Å². The van der Waals surface area contributed by atoms with Gasteiger partial charge in [-0.2, -0.15) is 0 Å². The number of likely N-dealkylation sites (tertiary alicyclic amines) is 1. The van der Waals surface area contributed by atoms with Crippen molar-refractivity contribution in [1.82, 2.24) is 14.9 Å². The number of nitrogens with zero attached hydrogens (tertiary/aromatic N) is 3. The average Bonchev–Trinajstić information content (AvgIpc) is 2.94. The molecule has 4 nitrogen and oxygen atoms in total. The van der Waals surface area contributed by atoms with Gasteiger partial charge < -0.3 is 4.90 Å². The predicted molar refractivity (Wildman–Crippen MR) is 75.7 cm³/mol. The maximum Gasteiger partial charge on any atom is 0.260 e. The lowest BCUT2D eigenvalue weighted by atomic mass is 9.97. The molecule has 2 fully saturated rings. The van der Waals surface area contributed by atoms with Crippen LogP contribution in [0.3, 0.4) is 0 Å². The molecule has 0 radical (unpaired) electrons. The Labute approximate surface area is 123 Å². The van der Waals surface area contributed by atoms with Crippen molar-refractivity contribution in [2.75, 3.05) is 13.1 Å². The fraction of sp³-hybridized carbons (Fsp3) is 0.688. The summed E-state index contributed by atoms with van der Waals surface area (Å²) in [5.74, 6) is 1.62. The lowest BCUT2D eigenvalue weighted by Gasteiger charge is -2.19. The molecule has 21 heavy (non-hydrogen) atoms. The Morgan fingerprint density at radius 2 is 2.19 bits per heavy atom. The van der Waals surface area contributed by atoms with Crippen LogP contribution in [0.1, 0.15) is 55.6 Å². The van der Waals surface area contributed by atoms with Gasteiger partial charge in [0.1, 0.15) is 5.82 Å². The van der Waals surface area contributed by atoms with Gasteiger partial charge in [0.2, 0.25) is 0 Å². The summed E-state index contributed by atoms with van der Waals surface area (Å²) in [6.45, 7) is 5.48. The van der Waals surface area contributed by atoms with Crippen molar-refractivity contribution >= 4 is 5.91 Å². The summed E-state index contributed by atoms with van der Waals surface area (Å²) in [6, 6.07) is 0. The molecule has 1 saturated heterocycles. The molecule has 112 valence electrons. The molecule has 1 aromatic heterocycles. The van der Waals surface area contributed by atoms with Crippen LogP contribution < -0.4 is 0 Å². The summed E-state index contributed by atoms with van der Waals surface area (Å²) in [4.78, 5) is 23.0. The molecular weight excluding hydrogens is 269 g/mol. The van der Waals surface area contributed by atoms with E-state index in [1.54, 1.807) is 4.90 Å². The van der Waals surface area contributed by atoms with Gasteiger partial charge in [-0.3, -0.25) is 4.79 Å². The zero-order valence-electron chi connectivity index (χ0n) is 12.5. The van der Waals surface area contributed by atoms with Crippen molar-refractivity contribution in [2.45, 2.75) is 50.6 Å². The lowest BCUT2D eigenvalue weighted by molar-refractivity contribution is -0.137. The largest absolute Gasteiger partial charge is 0.339 e. The molecule has 2 aliphatic carbocycles. The number of halogens is 1. The first-order valence-corrected chi connectivity index (χ1v) is 7.82. The van der Waals surface area contributed by atoms with Crippen LogP contribution >= 0.6 is 0 Å². The van der Waals surface area contributed by atoms with Gasteiger partial charge in [0.25, 0.3) is 5.91 Å². The molecule has 2 heterocycles. The second-order valence-corrected chi connectivity index (χ2v) is 7.03. The van der Waals surface area contributed by atoms with E-state index < -0.39 is 5.67 Å². The van der Waals surface area contributed by atoms with Crippen LogP contribution in [0.4, 0.5) is 4.39 Å².